The molecule has 0 aromatic heterocycles. The zero-order chi connectivity index (χ0) is 13.6. The fraction of sp³-hybridized carbons (Fsp3) is 0.833. The molecule has 0 aliphatic carbocycles. The van der Waals surface area contributed by atoms with Crippen LogP contribution in [0.15, 0.2) is 0 Å². The van der Waals surface area contributed by atoms with Crippen molar-refractivity contribution in [3.05, 3.63) is 0 Å². The van der Waals surface area contributed by atoms with Gasteiger partial charge in [-0.3, -0.25) is 9.59 Å². The Morgan fingerprint density at radius 2 is 1.44 bits per heavy atom. The van der Waals surface area contributed by atoms with E-state index in [1.807, 2.05) is 34.6 Å². The van der Waals surface area contributed by atoms with Gasteiger partial charge in [0.2, 0.25) is 11.8 Å². The van der Waals surface area contributed by atoms with Crippen molar-refractivity contribution in [2.45, 2.75) is 40.7 Å². The normalized spacial score (nSPS) is 12.6. The molecule has 6 heteroatoms. The van der Waals surface area contributed by atoms with Gasteiger partial charge in [0.25, 0.3) is 0 Å². The minimum absolute atomic E-state index is 0. The molecule has 108 valence electrons. The summed E-state index contributed by atoms with van der Waals surface area (Å²) in [7, 11) is 0. The SMILES string of the molecule is CC(C)C(=O)NCCNC(=O)[C@@H](N)C(C)(C)C.Cl. The van der Waals surface area contributed by atoms with Gasteiger partial charge in [-0.05, 0) is 5.41 Å². The number of amides is 2. The van der Waals surface area contributed by atoms with Gasteiger partial charge in [-0.15, -0.1) is 12.4 Å². The molecule has 0 aliphatic heterocycles. The maximum absolute atomic E-state index is 11.6. The van der Waals surface area contributed by atoms with E-state index in [0.29, 0.717) is 13.1 Å². The van der Waals surface area contributed by atoms with Crippen LogP contribution in [0.5, 0.6) is 0 Å². The average Bonchev–Trinajstić information content (AvgIpc) is 2.20. The van der Waals surface area contributed by atoms with E-state index in [1.54, 1.807) is 0 Å². The molecule has 0 aromatic rings. The Hall–Kier alpha value is -0.810. The third-order valence-corrected chi connectivity index (χ3v) is 2.46. The van der Waals surface area contributed by atoms with Gasteiger partial charge >= 0.3 is 0 Å². The second kappa shape index (κ2) is 8.32. The second-order valence-corrected chi connectivity index (χ2v) is 5.58. The first kappa shape index (κ1) is 19.5. The number of carbonyl (C=O) groups is 2. The molecule has 1 atom stereocenters. The predicted molar refractivity (Wildman–Crippen MR) is 75.5 cm³/mol. The van der Waals surface area contributed by atoms with Crippen LogP contribution in [0.4, 0.5) is 0 Å². The van der Waals surface area contributed by atoms with Gasteiger partial charge in [-0.2, -0.15) is 0 Å². The molecule has 0 spiro atoms. The van der Waals surface area contributed by atoms with Gasteiger partial charge in [0.1, 0.15) is 0 Å². The molecule has 0 rings (SSSR count). The molecule has 4 N–H and O–H groups in total. The molecule has 0 aliphatic rings. The highest BCUT2D eigenvalue weighted by molar-refractivity contribution is 5.85. The van der Waals surface area contributed by atoms with Crippen LogP contribution in [-0.4, -0.2) is 30.9 Å². The van der Waals surface area contributed by atoms with E-state index in [9.17, 15) is 9.59 Å². The lowest BCUT2D eigenvalue weighted by Gasteiger charge is -2.25. The molecular weight excluding hydrogens is 254 g/mol. The van der Waals surface area contributed by atoms with E-state index >= 15 is 0 Å². The van der Waals surface area contributed by atoms with Crippen LogP contribution in [0.2, 0.25) is 0 Å². The summed E-state index contributed by atoms with van der Waals surface area (Å²) in [5.41, 5.74) is 5.53. The topological polar surface area (TPSA) is 84.2 Å². The fourth-order valence-corrected chi connectivity index (χ4v) is 1.08. The Bertz CT molecular complexity index is 275. The fourth-order valence-electron chi connectivity index (χ4n) is 1.08. The molecule has 0 saturated heterocycles. The van der Waals surface area contributed by atoms with Gasteiger partial charge in [0.05, 0.1) is 6.04 Å². The van der Waals surface area contributed by atoms with E-state index in [2.05, 4.69) is 10.6 Å². The van der Waals surface area contributed by atoms with Crippen LogP contribution in [0.25, 0.3) is 0 Å². The summed E-state index contributed by atoms with van der Waals surface area (Å²) >= 11 is 0. The largest absolute Gasteiger partial charge is 0.354 e. The summed E-state index contributed by atoms with van der Waals surface area (Å²) in [5.74, 6) is -0.238. The number of carbonyl (C=O) groups excluding carboxylic acids is 2. The summed E-state index contributed by atoms with van der Waals surface area (Å²) in [6.07, 6.45) is 0. The Kier molecular flexibility index (Phi) is 9.03. The number of nitrogens with one attached hydrogen (secondary N) is 2. The summed E-state index contributed by atoms with van der Waals surface area (Å²) < 4.78 is 0. The zero-order valence-electron chi connectivity index (χ0n) is 11.9. The van der Waals surface area contributed by atoms with Crippen molar-refractivity contribution in [3.63, 3.8) is 0 Å². The van der Waals surface area contributed by atoms with Gasteiger partial charge in [-0.25, -0.2) is 0 Å². The van der Waals surface area contributed by atoms with Crippen LogP contribution in [-0.2, 0) is 9.59 Å². The molecule has 2 amide bonds. The zero-order valence-corrected chi connectivity index (χ0v) is 12.7. The van der Waals surface area contributed by atoms with Crippen LogP contribution in [0, 0.1) is 11.3 Å². The lowest BCUT2D eigenvalue weighted by atomic mass is 9.87. The van der Waals surface area contributed by atoms with Gasteiger partial charge in [0.15, 0.2) is 0 Å². The van der Waals surface area contributed by atoms with Gasteiger partial charge < -0.3 is 16.4 Å². The van der Waals surface area contributed by atoms with E-state index in [4.69, 9.17) is 5.73 Å². The first-order valence-corrected chi connectivity index (χ1v) is 5.97. The molecule has 0 radical (unpaired) electrons. The predicted octanol–water partition coefficient (Wildman–Crippen LogP) is 0.670. The molecule has 0 saturated carbocycles. The molecule has 0 fully saturated rings. The minimum atomic E-state index is -0.539. The van der Waals surface area contributed by atoms with Crippen molar-refractivity contribution in [1.82, 2.24) is 10.6 Å². The number of nitrogens with two attached hydrogens (primary N) is 1. The molecule has 18 heavy (non-hydrogen) atoms. The Morgan fingerprint density at radius 3 is 1.78 bits per heavy atom. The standard InChI is InChI=1S/C12H25N3O2.ClH/c1-8(2)10(16)14-6-7-15-11(17)9(13)12(3,4)5;/h8-9H,6-7,13H2,1-5H3,(H,14,16)(H,15,17);1H/t9-;/m1./s1. The first-order chi connectivity index (χ1) is 7.66. The van der Waals surface area contributed by atoms with E-state index < -0.39 is 6.04 Å². The highest BCUT2D eigenvalue weighted by Crippen LogP contribution is 2.16. The van der Waals surface area contributed by atoms with Crippen LogP contribution in [0.1, 0.15) is 34.6 Å². The average molecular weight is 280 g/mol. The molecule has 0 unspecified atom stereocenters. The highest BCUT2D eigenvalue weighted by atomic mass is 35.5. The highest BCUT2D eigenvalue weighted by Gasteiger charge is 2.26. The lowest BCUT2D eigenvalue weighted by Crippen LogP contribution is -2.50. The Labute approximate surface area is 116 Å². The smallest absolute Gasteiger partial charge is 0.237 e. The van der Waals surface area contributed by atoms with E-state index in [-0.39, 0.29) is 35.6 Å². The summed E-state index contributed by atoms with van der Waals surface area (Å²) in [6, 6.07) is -0.539. The van der Waals surface area contributed by atoms with E-state index in [0.717, 1.165) is 0 Å². The number of hydrogen-bond acceptors (Lipinski definition) is 3. The molecule has 0 bridgehead atoms. The van der Waals surface area contributed by atoms with Gasteiger partial charge in [0, 0.05) is 19.0 Å². The van der Waals surface area contributed by atoms with Crippen molar-refractivity contribution >= 4 is 24.2 Å². The van der Waals surface area contributed by atoms with Gasteiger partial charge in [-0.1, -0.05) is 34.6 Å². The second-order valence-electron chi connectivity index (χ2n) is 5.58. The maximum Gasteiger partial charge on any atom is 0.237 e. The number of hydrogen-bond donors (Lipinski definition) is 3. The van der Waals surface area contributed by atoms with Crippen molar-refractivity contribution in [2.75, 3.05) is 13.1 Å². The summed E-state index contributed by atoms with van der Waals surface area (Å²) in [5, 5.41) is 5.43. The van der Waals surface area contributed by atoms with Crippen molar-refractivity contribution < 1.29 is 9.59 Å². The first-order valence-electron chi connectivity index (χ1n) is 5.97. The maximum atomic E-state index is 11.6. The van der Waals surface area contributed by atoms with Crippen molar-refractivity contribution in [1.29, 1.82) is 0 Å². The molecule has 0 heterocycles. The minimum Gasteiger partial charge on any atom is -0.354 e. The number of rotatable bonds is 5. The summed E-state index contributed by atoms with van der Waals surface area (Å²) in [4.78, 5) is 22.9. The molecule has 5 nitrogen and oxygen atoms in total. The quantitative estimate of drug-likeness (QED) is 0.647. The van der Waals surface area contributed by atoms with Crippen LogP contribution < -0.4 is 16.4 Å². The van der Waals surface area contributed by atoms with Crippen molar-refractivity contribution in [2.24, 2.45) is 17.1 Å². The Morgan fingerprint density at radius 1 is 1.06 bits per heavy atom. The third kappa shape index (κ3) is 7.50. The number of halogens is 1. The molecule has 0 aromatic carbocycles. The Balaban J connectivity index is 0. The third-order valence-electron chi connectivity index (χ3n) is 2.46. The van der Waals surface area contributed by atoms with Crippen LogP contribution >= 0.6 is 12.4 Å². The lowest BCUT2D eigenvalue weighted by molar-refractivity contribution is -0.126. The monoisotopic (exact) mass is 279 g/mol. The van der Waals surface area contributed by atoms with Crippen LogP contribution in [0.3, 0.4) is 0 Å². The van der Waals surface area contributed by atoms with Crippen molar-refractivity contribution in [3.8, 4) is 0 Å². The van der Waals surface area contributed by atoms with E-state index in [1.165, 1.54) is 0 Å². The summed E-state index contributed by atoms with van der Waals surface area (Å²) in [6.45, 7) is 10.2. The molecular formula is C12H26ClN3O2.